The number of hydrogen-bond donors (Lipinski definition) is 0. The molecule has 2 rings (SSSR count). The second-order valence-electron chi connectivity index (χ2n) is 6.76. The molecule has 2 aromatic carbocycles. The van der Waals surface area contributed by atoms with Crippen LogP contribution in [0.25, 0.3) is 0 Å². The van der Waals surface area contributed by atoms with E-state index in [2.05, 4.69) is 4.74 Å². The maximum atomic E-state index is 14.9. The Kier molecular flexibility index (Phi) is 7.12. The Morgan fingerprint density at radius 3 is 1.77 bits per heavy atom. The minimum absolute atomic E-state index is 0.393. The Morgan fingerprint density at radius 1 is 0.774 bits per heavy atom. The Bertz CT molecular complexity index is 900. The maximum absolute atomic E-state index is 14.9. The zero-order chi connectivity index (χ0) is 23.6. The van der Waals surface area contributed by atoms with Crippen LogP contribution in [0.3, 0.4) is 0 Å². The lowest BCUT2D eigenvalue weighted by atomic mass is 9.93. The van der Waals surface area contributed by atoms with Crippen LogP contribution in [0.4, 0.5) is 35.1 Å². The van der Waals surface area contributed by atoms with Crippen LogP contribution in [0.1, 0.15) is 48.1 Å². The average molecular weight is 456 g/mol. The van der Waals surface area contributed by atoms with Crippen molar-refractivity contribution in [3.63, 3.8) is 0 Å². The quantitative estimate of drug-likeness (QED) is 0.402. The van der Waals surface area contributed by atoms with Crippen LogP contribution < -0.4 is 9.47 Å². The van der Waals surface area contributed by atoms with Gasteiger partial charge >= 0.3 is 18.5 Å². The first kappa shape index (κ1) is 24.7. The van der Waals surface area contributed by atoms with E-state index in [4.69, 9.17) is 4.74 Å². The van der Waals surface area contributed by atoms with Gasteiger partial charge in [-0.05, 0) is 49.6 Å². The summed E-state index contributed by atoms with van der Waals surface area (Å²) in [7, 11) is 0. The van der Waals surface area contributed by atoms with Crippen molar-refractivity contribution in [2.75, 3.05) is 6.61 Å². The first-order valence-electron chi connectivity index (χ1n) is 9.33. The van der Waals surface area contributed by atoms with Crippen LogP contribution in [0.2, 0.25) is 0 Å². The monoisotopic (exact) mass is 456 g/mol. The Balaban J connectivity index is 2.70. The normalized spacial score (nSPS) is 12.7. The molecular weight excluding hydrogens is 436 g/mol. The van der Waals surface area contributed by atoms with Crippen LogP contribution in [0.15, 0.2) is 30.3 Å². The van der Waals surface area contributed by atoms with Crippen molar-refractivity contribution >= 4 is 0 Å². The summed E-state index contributed by atoms with van der Waals surface area (Å²) in [5.74, 6) is -1.66. The molecule has 0 spiro atoms. The van der Waals surface area contributed by atoms with Gasteiger partial charge in [0.2, 0.25) is 0 Å². The molecule has 0 aliphatic heterocycles. The molecule has 10 heteroatoms. The lowest BCUT2D eigenvalue weighted by Crippen LogP contribution is -2.30. The Labute approximate surface area is 173 Å². The van der Waals surface area contributed by atoms with E-state index in [1.807, 2.05) is 6.92 Å². The summed E-state index contributed by atoms with van der Waals surface area (Å²) < 4.78 is 121. The predicted octanol–water partition coefficient (Wildman–Crippen LogP) is 7.51. The molecule has 0 saturated carbocycles. The number of benzene rings is 2. The number of halogens is 8. The molecular formula is C21H20F8O2. The molecule has 0 aliphatic carbocycles. The Morgan fingerprint density at radius 2 is 1.32 bits per heavy atom. The Hall–Kier alpha value is -2.52. The molecule has 0 amide bonds. The van der Waals surface area contributed by atoms with Gasteiger partial charge in [0.1, 0.15) is 17.1 Å². The van der Waals surface area contributed by atoms with Crippen molar-refractivity contribution in [1.29, 1.82) is 0 Å². The molecule has 0 unspecified atom stereocenters. The highest BCUT2D eigenvalue weighted by Gasteiger charge is 2.53. The third-order valence-corrected chi connectivity index (χ3v) is 4.35. The van der Waals surface area contributed by atoms with Crippen molar-refractivity contribution in [2.24, 2.45) is 0 Å². The molecule has 31 heavy (non-hydrogen) atoms. The minimum atomic E-state index is -5.75. The van der Waals surface area contributed by atoms with E-state index in [9.17, 15) is 35.1 Å². The van der Waals surface area contributed by atoms with E-state index in [-0.39, 0.29) is 0 Å². The maximum Gasteiger partial charge on any atom is 0.427 e. The lowest BCUT2D eigenvalue weighted by Gasteiger charge is -2.28. The third kappa shape index (κ3) is 5.59. The number of hydrogen-bond acceptors (Lipinski definition) is 2. The standard InChI is InChI=1S/C21H20F8O2/c1-4-6-13-7-9-14(10-8-13)31-21(28,29)16-12(3)11-15(30-5-2)17(19(22,23)24)18(16)20(25,26)27/h7-11H,4-6H2,1-3H3. The molecule has 0 fully saturated rings. The van der Waals surface area contributed by atoms with E-state index >= 15 is 0 Å². The molecule has 0 saturated heterocycles. The van der Waals surface area contributed by atoms with E-state index in [1.54, 1.807) is 0 Å². The average Bonchev–Trinajstić information content (AvgIpc) is 2.61. The zero-order valence-electron chi connectivity index (χ0n) is 16.8. The summed E-state index contributed by atoms with van der Waals surface area (Å²) in [5, 5.41) is 0. The fourth-order valence-electron chi connectivity index (χ4n) is 3.21. The topological polar surface area (TPSA) is 18.5 Å². The van der Waals surface area contributed by atoms with E-state index < -0.39 is 58.8 Å². The first-order valence-corrected chi connectivity index (χ1v) is 9.33. The second kappa shape index (κ2) is 8.92. The highest BCUT2D eigenvalue weighted by Crippen LogP contribution is 2.51. The molecule has 0 aromatic heterocycles. The van der Waals surface area contributed by atoms with Crippen LogP contribution in [0.5, 0.6) is 11.5 Å². The van der Waals surface area contributed by atoms with Gasteiger partial charge in [-0.1, -0.05) is 25.5 Å². The first-order chi connectivity index (χ1) is 14.2. The molecule has 0 bridgehead atoms. The van der Waals surface area contributed by atoms with Gasteiger partial charge in [0, 0.05) is 0 Å². The SMILES string of the molecule is CCCc1ccc(OC(F)(F)c2c(C)cc(OCC)c(C(F)(F)F)c2C(F)(F)F)cc1. The molecule has 172 valence electrons. The fraction of sp³-hybridized carbons (Fsp3) is 0.429. The van der Waals surface area contributed by atoms with Gasteiger partial charge in [-0.2, -0.15) is 35.1 Å². The summed E-state index contributed by atoms with van der Waals surface area (Å²) in [4.78, 5) is 0. The second-order valence-corrected chi connectivity index (χ2v) is 6.76. The number of ether oxygens (including phenoxy) is 2. The predicted molar refractivity (Wildman–Crippen MR) is 97.3 cm³/mol. The van der Waals surface area contributed by atoms with Crippen LogP contribution >= 0.6 is 0 Å². The van der Waals surface area contributed by atoms with E-state index in [1.165, 1.54) is 19.1 Å². The molecule has 2 aromatic rings. The summed E-state index contributed by atoms with van der Waals surface area (Å²) in [6.07, 6.45) is -14.6. The summed E-state index contributed by atoms with van der Waals surface area (Å²) in [6.45, 7) is 3.60. The largest absolute Gasteiger partial charge is 0.493 e. The van der Waals surface area contributed by atoms with Crippen LogP contribution in [-0.4, -0.2) is 6.61 Å². The summed E-state index contributed by atoms with van der Waals surface area (Å²) >= 11 is 0. The zero-order valence-corrected chi connectivity index (χ0v) is 16.8. The number of rotatable bonds is 7. The minimum Gasteiger partial charge on any atom is -0.493 e. The highest BCUT2D eigenvalue weighted by atomic mass is 19.4. The van der Waals surface area contributed by atoms with E-state index in [0.717, 1.165) is 31.0 Å². The molecule has 0 aliphatic rings. The van der Waals surface area contributed by atoms with Gasteiger partial charge in [-0.3, -0.25) is 0 Å². The van der Waals surface area contributed by atoms with Crippen molar-refractivity contribution in [3.05, 3.63) is 58.1 Å². The van der Waals surface area contributed by atoms with Crippen molar-refractivity contribution in [1.82, 2.24) is 0 Å². The van der Waals surface area contributed by atoms with Gasteiger partial charge in [-0.25, -0.2) is 0 Å². The van der Waals surface area contributed by atoms with Crippen molar-refractivity contribution in [3.8, 4) is 11.5 Å². The summed E-state index contributed by atoms with van der Waals surface area (Å²) in [6, 6.07) is 5.66. The van der Waals surface area contributed by atoms with Gasteiger partial charge < -0.3 is 9.47 Å². The van der Waals surface area contributed by atoms with E-state index in [0.29, 0.717) is 12.5 Å². The molecule has 0 heterocycles. The van der Waals surface area contributed by atoms with Gasteiger partial charge in [0.05, 0.1) is 17.7 Å². The number of alkyl halides is 8. The smallest absolute Gasteiger partial charge is 0.427 e. The summed E-state index contributed by atoms with van der Waals surface area (Å²) in [5.41, 5.74) is -6.73. The van der Waals surface area contributed by atoms with Crippen LogP contribution in [-0.2, 0) is 24.9 Å². The molecule has 0 N–H and O–H groups in total. The lowest BCUT2D eigenvalue weighted by molar-refractivity contribution is -0.198. The van der Waals surface area contributed by atoms with Crippen molar-refractivity contribution in [2.45, 2.75) is 52.1 Å². The molecule has 0 atom stereocenters. The van der Waals surface area contributed by atoms with Gasteiger partial charge in [-0.15, -0.1) is 0 Å². The highest BCUT2D eigenvalue weighted by molar-refractivity contribution is 5.54. The number of aryl methyl sites for hydroxylation is 2. The van der Waals surface area contributed by atoms with Crippen LogP contribution in [0, 0.1) is 6.92 Å². The third-order valence-electron chi connectivity index (χ3n) is 4.35. The van der Waals surface area contributed by atoms with Crippen molar-refractivity contribution < 1.29 is 44.6 Å². The molecule has 0 radical (unpaired) electrons. The fourth-order valence-corrected chi connectivity index (χ4v) is 3.21. The van der Waals surface area contributed by atoms with Gasteiger partial charge in [0.25, 0.3) is 0 Å². The molecule has 2 nitrogen and oxygen atoms in total. The van der Waals surface area contributed by atoms with Gasteiger partial charge in [0.15, 0.2) is 0 Å².